The number of nitrogens with zero attached hydrogens (tertiary/aromatic N) is 2. The van der Waals surface area contributed by atoms with E-state index in [0.29, 0.717) is 35.8 Å². The molecule has 0 aliphatic heterocycles. The molecule has 0 aliphatic rings. The first kappa shape index (κ1) is 21.6. The molecule has 0 radical (unpaired) electrons. The zero-order chi connectivity index (χ0) is 22.2. The predicted octanol–water partition coefficient (Wildman–Crippen LogP) is 5.95. The molecule has 0 fully saturated rings. The van der Waals surface area contributed by atoms with E-state index in [1.807, 2.05) is 38.1 Å². The van der Waals surface area contributed by atoms with Crippen LogP contribution >= 0.6 is 0 Å². The van der Waals surface area contributed by atoms with Crippen LogP contribution in [0.5, 0.6) is 11.5 Å². The lowest BCUT2D eigenvalue weighted by Gasteiger charge is -2.13. The molecule has 156 valence electrons. The Balaban J connectivity index is 1.87. The highest BCUT2D eigenvalue weighted by Gasteiger charge is 2.11. The Morgan fingerprint density at radius 1 is 1.06 bits per heavy atom. The summed E-state index contributed by atoms with van der Waals surface area (Å²) in [5.74, 6) is 1.18. The molecule has 0 N–H and O–H groups in total. The van der Waals surface area contributed by atoms with Crippen LogP contribution < -0.4 is 9.47 Å². The van der Waals surface area contributed by atoms with Gasteiger partial charge in [0.1, 0.15) is 6.61 Å². The molecule has 6 nitrogen and oxygen atoms in total. The van der Waals surface area contributed by atoms with E-state index in [2.05, 4.69) is 12.1 Å². The molecule has 0 spiro atoms. The van der Waals surface area contributed by atoms with Crippen LogP contribution in [-0.2, 0) is 6.61 Å². The van der Waals surface area contributed by atoms with Gasteiger partial charge in [0.05, 0.1) is 23.2 Å². The first-order chi connectivity index (χ1) is 15.0. The average molecular weight is 414 g/mol. The number of nitro benzene ring substituents is 1. The van der Waals surface area contributed by atoms with Crippen LogP contribution in [0.25, 0.3) is 11.6 Å². The molecule has 0 saturated heterocycles. The van der Waals surface area contributed by atoms with Crippen molar-refractivity contribution in [3.05, 3.63) is 99.1 Å². The number of benzene rings is 3. The van der Waals surface area contributed by atoms with Crippen molar-refractivity contribution < 1.29 is 14.4 Å². The van der Waals surface area contributed by atoms with E-state index in [4.69, 9.17) is 9.47 Å². The summed E-state index contributed by atoms with van der Waals surface area (Å²) in [5, 5.41) is 20.6. The molecule has 0 unspecified atom stereocenters. The zero-order valence-electron chi connectivity index (χ0n) is 17.4. The highest BCUT2D eigenvalue weighted by molar-refractivity contribution is 5.90. The lowest BCUT2D eigenvalue weighted by molar-refractivity contribution is -0.384. The maximum Gasteiger partial charge on any atom is 0.270 e. The standard InChI is InChI=1S/C25H22N2O4/c1-3-30-25-14-19(10-11-24(25)31-17-20-7-4-6-18(2)12-20)13-22(16-26)21-8-5-9-23(15-21)27(28)29/h4-15H,3,17H2,1-2H3/b22-13-. The minimum atomic E-state index is -0.480. The molecule has 3 aromatic carbocycles. The normalized spacial score (nSPS) is 10.9. The van der Waals surface area contributed by atoms with E-state index >= 15 is 0 Å². The number of nitro groups is 1. The first-order valence-electron chi connectivity index (χ1n) is 9.82. The van der Waals surface area contributed by atoms with E-state index in [-0.39, 0.29) is 5.69 Å². The molecule has 3 rings (SSSR count). The third-order valence-corrected chi connectivity index (χ3v) is 4.54. The van der Waals surface area contributed by atoms with Gasteiger partial charge in [-0.25, -0.2) is 0 Å². The fourth-order valence-electron chi connectivity index (χ4n) is 3.10. The molecular weight excluding hydrogens is 392 g/mol. The monoisotopic (exact) mass is 414 g/mol. The number of ether oxygens (including phenoxy) is 2. The lowest BCUT2D eigenvalue weighted by atomic mass is 10.0. The van der Waals surface area contributed by atoms with Gasteiger partial charge in [0.25, 0.3) is 5.69 Å². The summed E-state index contributed by atoms with van der Waals surface area (Å²) in [6.07, 6.45) is 1.67. The van der Waals surface area contributed by atoms with Crippen LogP contribution in [0.15, 0.2) is 66.7 Å². The van der Waals surface area contributed by atoms with Crippen molar-refractivity contribution in [3.8, 4) is 17.6 Å². The summed E-state index contributed by atoms with van der Waals surface area (Å²) in [5.41, 5.74) is 3.69. The highest BCUT2D eigenvalue weighted by Crippen LogP contribution is 2.31. The zero-order valence-corrected chi connectivity index (χ0v) is 17.4. The topological polar surface area (TPSA) is 85.4 Å². The summed E-state index contributed by atoms with van der Waals surface area (Å²) in [7, 11) is 0. The van der Waals surface area contributed by atoms with Crippen LogP contribution in [0, 0.1) is 28.4 Å². The number of nitriles is 1. The molecule has 0 aliphatic carbocycles. The fourth-order valence-corrected chi connectivity index (χ4v) is 3.10. The number of allylic oxidation sites excluding steroid dienone is 1. The van der Waals surface area contributed by atoms with Crippen molar-refractivity contribution in [2.75, 3.05) is 6.61 Å². The van der Waals surface area contributed by atoms with Crippen molar-refractivity contribution in [2.24, 2.45) is 0 Å². The Labute approximate surface area is 181 Å². The molecular formula is C25H22N2O4. The maximum absolute atomic E-state index is 11.0. The Morgan fingerprint density at radius 3 is 2.58 bits per heavy atom. The van der Waals surface area contributed by atoms with Crippen LogP contribution in [0.3, 0.4) is 0 Å². The van der Waals surface area contributed by atoms with Gasteiger partial charge in [-0.15, -0.1) is 0 Å². The molecule has 0 heterocycles. The summed E-state index contributed by atoms with van der Waals surface area (Å²) < 4.78 is 11.7. The van der Waals surface area contributed by atoms with E-state index in [1.165, 1.54) is 12.1 Å². The van der Waals surface area contributed by atoms with Crippen molar-refractivity contribution in [1.29, 1.82) is 5.26 Å². The molecule has 0 aromatic heterocycles. The quantitative estimate of drug-likeness (QED) is 0.197. The molecule has 0 bridgehead atoms. The largest absolute Gasteiger partial charge is 0.490 e. The number of hydrogen-bond donors (Lipinski definition) is 0. The van der Waals surface area contributed by atoms with Crippen molar-refractivity contribution in [1.82, 2.24) is 0 Å². The van der Waals surface area contributed by atoms with Crippen molar-refractivity contribution in [3.63, 3.8) is 0 Å². The van der Waals surface area contributed by atoms with Gasteiger partial charge >= 0.3 is 0 Å². The van der Waals surface area contributed by atoms with Gasteiger partial charge < -0.3 is 9.47 Å². The molecule has 6 heteroatoms. The van der Waals surface area contributed by atoms with E-state index in [0.717, 1.165) is 16.7 Å². The van der Waals surface area contributed by atoms with Crippen LogP contribution in [0.1, 0.15) is 29.2 Å². The molecule has 0 amide bonds. The van der Waals surface area contributed by atoms with Gasteiger partial charge in [-0.3, -0.25) is 10.1 Å². The van der Waals surface area contributed by atoms with Gasteiger partial charge in [-0.2, -0.15) is 5.26 Å². The van der Waals surface area contributed by atoms with Crippen molar-refractivity contribution in [2.45, 2.75) is 20.5 Å². The second-order valence-corrected chi connectivity index (χ2v) is 6.89. The third kappa shape index (κ3) is 5.71. The fraction of sp³-hybridized carbons (Fsp3) is 0.160. The second kappa shape index (κ2) is 10.1. The predicted molar refractivity (Wildman–Crippen MR) is 120 cm³/mol. The average Bonchev–Trinajstić information content (AvgIpc) is 2.77. The van der Waals surface area contributed by atoms with Gasteiger partial charge in [0, 0.05) is 12.1 Å². The minimum Gasteiger partial charge on any atom is -0.490 e. The van der Waals surface area contributed by atoms with Crippen LogP contribution in [0.2, 0.25) is 0 Å². The van der Waals surface area contributed by atoms with Crippen LogP contribution in [-0.4, -0.2) is 11.5 Å². The summed E-state index contributed by atoms with van der Waals surface area (Å²) in [6.45, 7) is 4.79. The van der Waals surface area contributed by atoms with E-state index in [9.17, 15) is 15.4 Å². The maximum atomic E-state index is 11.0. The Bertz CT molecular complexity index is 1160. The summed E-state index contributed by atoms with van der Waals surface area (Å²) in [4.78, 5) is 10.6. The van der Waals surface area contributed by atoms with E-state index < -0.39 is 4.92 Å². The summed E-state index contributed by atoms with van der Waals surface area (Å²) in [6, 6.07) is 21.6. The van der Waals surface area contributed by atoms with Crippen molar-refractivity contribution >= 4 is 17.3 Å². The SMILES string of the molecule is CCOc1cc(/C=C(/C#N)c2cccc([N+](=O)[O-])c2)ccc1OCc1cccc(C)c1. The lowest BCUT2D eigenvalue weighted by Crippen LogP contribution is -2.00. The number of non-ortho nitro benzene ring substituents is 1. The molecule has 3 aromatic rings. The second-order valence-electron chi connectivity index (χ2n) is 6.89. The Morgan fingerprint density at radius 2 is 1.87 bits per heavy atom. The van der Waals surface area contributed by atoms with Gasteiger partial charge in [0.2, 0.25) is 0 Å². The molecule has 0 saturated carbocycles. The van der Waals surface area contributed by atoms with E-state index in [1.54, 1.807) is 30.3 Å². The Hall–Kier alpha value is -4.11. The van der Waals surface area contributed by atoms with Gasteiger partial charge in [-0.05, 0) is 48.7 Å². The first-order valence-corrected chi connectivity index (χ1v) is 9.82. The Kier molecular flexibility index (Phi) is 7.02. The summed E-state index contributed by atoms with van der Waals surface area (Å²) >= 11 is 0. The number of hydrogen-bond acceptors (Lipinski definition) is 5. The number of aryl methyl sites for hydroxylation is 1. The minimum absolute atomic E-state index is 0.0615. The smallest absolute Gasteiger partial charge is 0.270 e. The van der Waals surface area contributed by atoms with Crippen LogP contribution in [0.4, 0.5) is 5.69 Å². The van der Waals surface area contributed by atoms with Gasteiger partial charge in [-0.1, -0.05) is 48.0 Å². The number of rotatable bonds is 8. The highest BCUT2D eigenvalue weighted by atomic mass is 16.6. The molecule has 0 atom stereocenters. The third-order valence-electron chi connectivity index (χ3n) is 4.54. The van der Waals surface area contributed by atoms with Gasteiger partial charge in [0.15, 0.2) is 11.5 Å². The molecule has 31 heavy (non-hydrogen) atoms.